The smallest absolute Gasteiger partial charge is 0.265 e. The van der Waals surface area contributed by atoms with E-state index in [4.69, 9.17) is 14.2 Å². The zero-order valence-electron chi connectivity index (χ0n) is 16.7. The Morgan fingerprint density at radius 2 is 1.62 bits per heavy atom. The van der Waals surface area contributed by atoms with Crippen molar-refractivity contribution in [3.05, 3.63) is 59.9 Å². The molecule has 0 saturated carbocycles. The molecule has 29 heavy (non-hydrogen) atoms. The van der Waals surface area contributed by atoms with Gasteiger partial charge in [0.1, 0.15) is 4.90 Å². The van der Waals surface area contributed by atoms with Crippen LogP contribution in [0.4, 0.5) is 5.69 Å². The maximum absolute atomic E-state index is 13.0. The molecule has 0 saturated heterocycles. The zero-order chi connectivity index (χ0) is 21.0. The van der Waals surface area contributed by atoms with E-state index in [0.29, 0.717) is 29.5 Å². The number of sulfonamides is 1. The fraction of sp³-hybridized carbons (Fsp3) is 0.250. The number of aryl methyl sites for hydroxylation is 1. The normalized spacial score (nSPS) is 11.2. The summed E-state index contributed by atoms with van der Waals surface area (Å²) in [6, 6.07) is 12.8. The maximum Gasteiger partial charge on any atom is 0.265 e. The lowest BCUT2D eigenvalue weighted by molar-refractivity contribution is 0.325. The molecule has 0 atom stereocenters. The summed E-state index contributed by atoms with van der Waals surface area (Å²) in [4.78, 5) is 0.0992. The Balaban J connectivity index is 1.90. The lowest BCUT2D eigenvalue weighted by atomic mass is 10.2. The first kappa shape index (κ1) is 20.5. The highest BCUT2D eigenvalue weighted by molar-refractivity contribution is 7.92. The Bertz CT molecular complexity index is 1070. The molecule has 8 nitrogen and oxygen atoms in total. The molecule has 0 aliphatic carbocycles. The van der Waals surface area contributed by atoms with E-state index in [-0.39, 0.29) is 10.6 Å². The summed E-state index contributed by atoms with van der Waals surface area (Å²) in [6.45, 7) is 2.13. The van der Waals surface area contributed by atoms with E-state index in [1.165, 1.54) is 39.7 Å². The van der Waals surface area contributed by atoms with Crippen molar-refractivity contribution in [2.45, 2.75) is 18.4 Å². The first-order valence-corrected chi connectivity index (χ1v) is 10.3. The van der Waals surface area contributed by atoms with E-state index < -0.39 is 10.0 Å². The number of hydrogen-bond acceptors (Lipinski definition) is 6. The Morgan fingerprint density at radius 1 is 1.00 bits per heavy atom. The molecule has 0 amide bonds. The summed E-state index contributed by atoms with van der Waals surface area (Å²) in [7, 11) is 0.542. The minimum absolute atomic E-state index is 0.0992. The zero-order valence-corrected chi connectivity index (χ0v) is 17.5. The van der Waals surface area contributed by atoms with Crippen LogP contribution >= 0.6 is 0 Å². The molecule has 1 heterocycles. The van der Waals surface area contributed by atoms with Crippen LogP contribution in [0.15, 0.2) is 53.6 Å². The lowest BCUT2D eigenvalue weighted by Gasteiger charge is -2.15. The number of benzene rings is 2. The van der Waals surface area contributed by atoms with Gasteiger partial charge in [-0.2, -0.15) is 5.10 Å². The second-order valence-electron chi connectivity index (χ2n) is 6.28. The van der Waals surface area contributed by atoms with Gasteiger partial charge in [0, 0.05) is 18.3 Å². The largest absolute Gasteiger partial charge is 0.493 e. The first-order chi connectivity index (χ1) is 13.9. The molecule has 0 unspecified atom stereocenters. The third kappa shape index (κ3) is 4.45. The summed E-state index contributed by atoms with van der Waals surface area (Å²) in [5.74, 6) is 1.08. The molecule has 0 radical (unpaired) electrons. The molecule has 2 aromatic carbocycles. The first-order valence-electron chi connectivity index (χ1n) is 8.78. The fourth-order valence-corrected chi connectivity index (χ4v) is 4.19. The number of nitrogens with one attached hydrogen (secondary N) is 1. The monoisotopic (exact) mass is 417 g/mol. The number of ether oxygens (including phenoxy) is 3. The molecule has 0 aliphatic rings. The number of rotatable bonds is 8. The molecule has 0 spiro atoms. The third-order valence-corrected chi connectivity index (χ3v) is 5.78. The summed E-state index contributed by atoms with van der Waals surface area (Å²) in [5, 5.41) is 4.34. The number of hydrogen-bond donors (Lipinski definition) is 1. The summed E-state index contributed by atoms with van der Waals surface area (Å²) in [6.07, 6.45) is 1.52. The van der Waals surface area contributed by atoms with Gasteiger partial charge in [-0.05, 0) is 12.5 Å². The van der Waals surface area contributed by atoms with Crippen LogP contribution in [-0.2, 0) is 16.6 Å². The van der Waals surface area contributed by atoms with E-state index >= 15 is 0 Å². The molecule has 1 N–H and O–H groups in total. The Kier molecular flexibility index (Phi) is 5.97. The molecule has 0 bridgehead atoms. The molecular formula is C20H23N3O5S. The van der Waals surface area contributed by atoms with Gasteiger partial charge in [-0.25, -0.2) is 8.42 Å². The second-order valence-corrected chi connectivity index (χ2v) is 7.93. The van der Waals surface area contributed by atoms with Crippen molar-refractivity contribution in [2.24, 2.45) is 0 Å². The molecule has 0 fully saturated rings. The van der Waals surface area contributed by atoms with E-state index in [9.17, 15) is 8.42 Å². The van der Waals surface area contributed by atoms with E-state index in [1.54, 1.807) is 11.6 Å². The molecule has 3 rings (SSSR count). The molecular weight excluding hydrogens is 394 g/mol. The Morgan fingerprint density at radius 3 is 2.17 bits per heavy atom. The lowest BCUT2D eigenvalue weighted by Crippen LogP contribution is -2.13. The third-order valence-electron chi connectivity index (χ3n) is 4.30. The number of anilines is 1. The van der Waals surface area contributed by atoms with Gasteiger partial charge < -0.3 is 14.2 Å². The quantitative estimate of drug-likeness (QED) is 0.606. The van der Waals surface area contributed by atoms with Gasteiger partial charge in [0.2, 0.25) is 5.75 Å². The molecule has 1 aromatic heterocycles. The van der Waals surface area contributed by atoms with Crippen molar-refractivity contribution < 1.29 is 22.6 Å². The van der Waals surface area contributed by atoms with Crippen LogP contribution in [0.25, 0.3) is 0 Å². The van der Waals surface area contributed by atoms with Crippen LogP contribution in [0, 0.1) is 6.92 Å². The SMILES string of the molecule is COc1cc(NS(=O)(=O)c2cn(Cc3ccccc3)nc2C)cc(OC)c1OC. The average Bonchev–Trinajstić information content (AvgIpc) is 3.08. The summed E-state index contributed by atoms with van der Waals surface area (Å²) < 4.78 is 45.9. The van der Waals surface area contributed by atoms with Gasteiger partial charge >= 0.3 is 0 Å². The summed E-state index contributed by atoms with van der Waals surface area (Å²) >= 11 is 0. The van der Waals surface area contributed by atoms with Crippen LogP contribution in [0.5, 0.6) is 17.2 Å². The van der Waals surface area contributed by atoms with Crippen LogP contribution < -0.4 is 18.9 Å². The van der Waals surface area contributed by atoms with Crippen LogP contribution in [-0.4, -0.2) is 39.5 Å². The van der Waals surface area contributed by atoms with Gasteiger partial charge in [-0.3, -0.25) is 9.40 Å². The van der Waals surface area contributed by atoms with Crippen molar-refractivity contribution in [3.63, 3.8) is 0 Å². The van der Waals surface area contributed by atoms with Gasteiger partial charge in [-0.1, -0.05) is 30.3 Å². The van der Waals surface area contributed by atoms with Crippen molar-refractivity contribution in [2.75, 3.05) is 26.1 Å². The van der Waals surface area contributed by atoms with Crippen molar-refractivity contribution in [1.29, 1.82) is 0 Å². The predicted molar refractivity (Wildman–Crippen MR) is 109 cm³/mol. The van der Waals surface area contributed by atoms with Crippen LogP contribution in [0.1, 0.15) is 11.3 Å². The number of nitrogens with zero attached hydrogens (tertiary/aromatic N) is 2. The van der Waals surface area contributed by atoms with Crippen LogP contribution in [0.2, 0.25) is 0 Å². The standard InChI is InChI=1S/C20H23N3O5S/c1-14-19(13-23(21-14)12-15-8-6-5-7-9-15)29(24,25)22-16-10-17(26-2)20(28-4)18(11-16)27-3/h5-11,13,22H,12H2,1-4H3. The van der Waals surface area contributed by atoms with Gasteiger partial charge in [0.05, 0.1) is 39.3 Å². The minimum Gasteiger partial charge on any atom is -0.493 e. The Hall–Kier alpha value is -3.20. The molecule has 0 aliphatic heterocycles. The summed E-state index contributed by atoms with van der Waals surface area (Å²) in [5.41, 5.74) is 1.71. The Labute approximate surface area is 170 Å². The van der Waals surface area contributed by atoms with Crippen molar-refractivity contribution in [1.82, 2.24) is 9.78 Å². The van der Waals surface area contributed by atoms with Gasteiger partial charge in [-0.15, -0.1) is 0 Å². The highest BCUT2D eigenvalue weighted by Gasteiger charge is 2.22. The molecule has 9 heteroatoms. The second kappa shape index (κ2) is 8.44. The maximum atomic E-state index is 13.0. The highest BCUT2D eigenvalue weighted by atomic mass is 32.2. The van der Waals surface area contributed by atoms with E-state index in [2.05, 4.69) is 9.82 Å². The average molecular weight is 417 g/mol. The fourth-order valence-electron chi connectivity index (χ4n) is 2.97. The van der Waals surface area contributed by atoms with E-state index in [0.717, 1.165) is 5.56 Å². The minimum atomic E-state index is -3.87. The van der Waals surface area contributed by atoms with Gasteiger partial charge in [0.15, 0.2) is 11.5 Å². The van der Waals surface area contributed by atoms with Crippen LogP contribution in [0.3, 0.4) is 0 Å². The van der Waals surface area contributed by atoms with Crippen molar-refractivity contribution in [3.8, 4) is 17.2 Å². The van der Waals surface area contributed by atoms with Crippen molar-refractivity contribution >= 4 is 15.7 Å². The number of aromatic nitrogens is 2. The highest BCUT2D eigenvalue weighted by Crippen LogP contribution is 2.40. The number of methoxy groups -OCH3 is 3. The molecule has 3 aromatic rings. The van der Waals surface area contributed by atoms with E-state index in [1.807, 2.05) is 30.3 Å². The van der Waals surface area contributed by atoms with Gasteiger partial charge in [0.25, 0.3) is 10.0 Å². The topological polar surface area (TPSA) is 91.7 Å². The predicted octanol–water partition coefficient (Wildman–Crippen LogP) is 3.07. The molecule has 154 valence electrons.